The molecule has 0 spiro atoms. The minimum Gasteiger partial charge on any atom is -0.323 e. The minimum atomic E-state index is 0.242. The van der Waals surface area contributed by atoms with Crippen molar-refractivity contribution in [1.29, 1.82) is 0 Å². The lowest BCUT2D eigenvalue weighted by atomic mass is 10.4. The van der Waals surface area contributed by atoms with Gasteiger partial charge in [-0.3, -0.25) is 0 Å². The van der Waals surface area contributed by atoms with E-state index in [1.165, 1.54) is 18.7 Å². The van der Waals surface area contributed by atoms with Crippen LogP contribution in [0.1, 0.15) is 12.8 Å². The predicted molar refractivity (Wildman–Crippen MR) is 58.9 cm³/mol. The quantitative estimate of drug-likeness (QED) is 0.736. The standard InChI is InChI=1S/C9H12N4S/c1-14-9-10-6-12-8(4-5-11-12)13(9)7-2-3-7/h4-7,9H,2-3H2,1H3. The average Bonchev–Trinajstić information content (AvgIpc) is 2.93. The lowest BCUT2D eigenvalue weighted by Gasteiger charge is -2.31. The molecular weight excluding hydrogens is 196 g/mol. The van der Waals surface area contributed by atoms with E-state index in [0.717, 1.165) is 0 Å². The lowest BCUT2D eigenvalue weighted by molar-refractivity contribution is 0.709. The summed E-state index contributed by atoms with van der Waals surface area (Å²) in [4.78, 5) is 6.84. The smallest absolute Gasteiger partial charge is 0.171 e. The molecule has 1 aliphatic carbocycles. The van der Waals surface area contributed by atoms with Gasteiger partial charge in [0.1, 0.15) is 12.2 Å². The summed E-state index contributed by atoms with van der Waals surface area (Å²) >= 11 is 1.78. The van der Waals surface area contributed by atoms with Gasteiger partial charge in [0.2, 0.25) is 0 Å². The molecule has 0 N–H and O–H groups in total. The van der Waals surface area contributed by atoms with Gasteiger partial charge in [-0.2, -0.15) is 5.10 Å². The Hall–Kier alpha value is -0.970. The fourth-order valence-corrected chi connectivity index (χ4v) is 2.48. The molecule has 0 amide bonds. The molecule has 4 nitrogen and oxygen atoms in total. The Morgan fingerprint density at radius 3 is 3.07 bits per heavy atom. The van der Waals surface area contributed by atoms with Crippen molar-refractivity contribution in [2.75, 3.05) is 11.2 Å². The van der Waals surface area contributed by atoms with E-state index in [-0.39, 0.29) is 5.50 Å². The van der Waals surface area contributed by atoms with Crippen LogP contribution >= 0.6 is 11.8 Å². The number of thioether (sulfide) groups is 1. The Bertz CT molecular complexity index is 369. The van der Waals surface area contributed by atoms with Crippen molar-refractivity contribution < 1.29 is 0 Å². The summed E-state index contributed by atoms with van der Waals surface area (Å²) in [6, 6.07) is 2.74. The molecule has 0 aromatic carbocycles. The number of nitrogens with zero attached hydrogens (tertiary/aromatic N) is 4. The summed E-state index contributed by atoms with van der Waals surface area (Å²) in [6.45, 7) is 0. The summed E-state index contributed by atoms with van der Waals surface area (Å²) in [6.07, 6.45) is 8.33. The van der Waals surface area contributed by atoms with Crippen molar-refractivity contribution in [2.45, 2.75) is 24.4 Å². The van der Waals surface area contributed by atoms with Gasteiger partial charge >= 0.3 is 0 Å². The predicted octanol–water partition coefficient (Wildman–Crippen LogP) is 1.39. The molecule has 1 aromatic rings. The highest BCUT2D eigenvalue weighted by atomic mass is 32.2. The highest BCUT2D eigenvalue weighted by molar-refractivity contribution is 7.99. The summed E-state index contributed by atoms with van der Waals surface area (Å²) in [5, 5.41) is 4.20. The highest BCUT2D eigenvalue weighted by Gasteiger charge is 2.36. The first-order chi connectivity index (χ1) is 6.90. The van der Waals surface area contributed by atoms with E-state index < -0.39 is 0 Å². The SMILES string of the molecule is CSC1N=Cn2nccc2N1C1CC1. The van der Waals surface area contributed by atoms with Crippen LogP contribution in [0.4, 0.5) is 5.82 Å². The van der Waals surface area contributed by atoms with Gasteiger partial charge in [0.05, 0.1) is 6.20 Å². The third kappa shape index (κ3) is 1.15. The number of hydrogen-bond donors (Lipinski definition) is 0. The third-order valence-electron chi connectivity index (χ3n) is 2.61. The minimum absolute atomic E-state index is 0.242. The van der Waals surface area contributed by atoms with Gasteiger partial charge in [0.15, 0.2) is 5.50 Å². The van der Waals surface area contributed by atoms with Crippen molar-refractivity contribution in [3.8, 4) is 0 Å². The maximum absolute atomic E-state index is 4.47. The van der Waals surface area contributed by atoms with E-state index in [9.17, 15) is 0 Å². The van der Waals surface area contributed by atoms with Crippen LogP contribution < -0.4 is 4.90 Å². The van der Waals surface area contributed by atoms with Gasteiger partial charge in [0.25, 0.3) is 0 Å². The van der Waals surface area contributed by atoms with E-state index in [4.69, 9.17) is 0 Å². The lowest BCUT2D eigenvalue weighted by Crippen LogP contribution is -2.38. The maximum atomic E-state index is 4.47. The molecule has 1 saturated carbocycles. The molecule has 14 heavy (non-hydrogen) atoms. The summed E-state index contributed by atoms with van der Waals surface area (Å²) in [7, 11) is 0. The number of hydrogen-bond acceptors (Lipinski definition) is 4. The van der Waals surface area contributed by atoms with E-state index in [2.05, 4.69) is 27.3 Å². The van der Waals surface area contributed by atoms with Gasteiger partial charge in [-0.25, -0.2) is 9.67 Å². The number of anilines is 1. The van der Waals surface area contributed by atoms with Crippen LogP contribution in [0.15, 0.2) is 17.3 Å². The number of fused-ring (bicyclic) bond motifs is 1. The van der Waals surface area contributed by atoms with Gasteiger partial charge < -0.3 is 4.90 Å². The van der Waals surface area contributed by atoms with Crippen LogP contribution in [-0.4, -0.2) is 33.9 Å². The Balaban J connectivity index is 2.01. The largest absolute Gasteiger partial charge is 0.323 e. The van der Waals surface area contributed by atoms with E-state index in [1.807, 2.05) is 17.2 Å². The molecule has 2 heterocycles. The molecule has 74 valence electrons. The Morgan fingerprint density at radius 2 is 2.36 bits per heavy atom. The van der Waals surface area contributed by atoms with E-state index in [1.54, 1.807) is 11.8 Å². The first-order valence-electron chi connectivity index (χ1n) is 4.78. The summed E-state index contributed by atoms with van der Waals surface area (Å²) in [5.41, 5.74) is 0.242. The molecule has 0 bridgehead atoms. The second-order valence-electron chi connectivity index (χ2n) is 3.60. The number of rotatable bonds is 2. The third-order valence-corrected chi connectivity index (χ3v) is 3.38. The van der Waals surface area contributed by atoms with Gasteiger partial charge in [-0.1, -0.05) is 0 Å². The molecule has 5 heteroatoms. The van der Waals surface area contributed by atoms with Crippen molar-refractivity contribution in [3.63, 3.8) is 0 Å². The van der Waals surface area contributed by atoms with Crippen molar-refractivity contribution in [2.24, 2.45) is 4.99 Å². The molecule has 3 rings (SSSR count). The maximum Gasteiger partial charge on any atom is 0.171 e. The highest BCUT2D eigenvalue weighted by Crippen LogP contribution is 2.37. The zero-order chi connectivity index (χ0) is 9.54. The molecule has 0 radical (unpaired) electrons. The summed E-state index contributed by atoms with van der Waals surface area (Å²) in [5.74, 6) is 1.18. The Labute approximate surface area is 87.0 Å². The average molecular weight is 208 g/mol. The molecule has 1 fully saturated rings. The first-order valence-corrected chi connectivity index (χ1v) is 6.07. The van der Waals surface area contributed by atoms with Crippen LogP contribution in [-0.2, 0) is 0 Å². The molecule has 0 saturated heterocycles. The van der Waals surface area contributed by atoms with Gasteiger partial charge in [0, 0.05) is 12.1 Å². The molecule has 1 unspecified atom stereocenters. The molecule has 1 aromatic heterocycles. The van der Waals surface area contributed by atoms with Crippen LogP contribution in [0.5, 0.6) is 0 Å². The monoisotopic (exact) mass is 208 g/mol. The Kier molecular flexibility index (Phi) is 1.80. The topological polar surface area (TPSA) is 33.4 Å². The first kappa shape index (κ1) is 8.35. The van der Waals surface area contributed by atoms with Crippen LogP contribution in [0.3, 0.4) is 0 Å². The van der Waals surface area contributed by atoms with Crippen LogP contribution in [0, 0.1) is 0 Å². The molecular formula is C9H12N4S. The second-order valence-corrected chi connectivity index (χ2v) is 4.49. The van der Waals surface area contributed by atoms with Gasteiger partial charge in [-0.05, 0) is 19.1 Å². The molecule has 1 atom stereocenters. The van der Waals surface area contributed by atoms with Gasteiger partial charge in [-0.15, -0.1) is 11.8 Å². The normalized spacial score (nSPS) is 25.2. The van der Waals surface area contributed by atoms with E-state index in [0.29, 0.717) is 6.04 Å². The number of aromatic nitrogens is 2. The van der Waals surface area contributed by atoms with Crippen molar-refractivity contribution in [1.82, 2.24) is 9.78 Å². The zero-order valence-electron chi connectivity index (χ0n) is 8.00. The molecule has 2 aliphatic rings. The van der Waals surface area contributed by atoms with E-state index >= 15 is 0 Å². The molecule has 1 aliphatic heterocycles. The fourth-order valence-electron chi connectivity index (χ4n) is 1.80. The van der Waals surface area contributed by atoms with Crippen LogP contribution in [0.25, 0.3) is 0 Å². The van der Waals surface area contributed by atoms with Crippen molar-refractivity contribution >= 4 is 23.9 Å². The fraction of sp³-hybridized carbons (Fsp3) is 0.556. The second kappa shape index (κ2) is 3.02. The van der Waals surface area contributed by atoms with Crippen molar-refractivity contribution in [3.05, 3.63) is 12.3 Å². The zero-order valence-corrected chi connectivity index (χ0v) is 8.81. The van der Waals surface area contributed by atoms with Crippen LogP contribution in [0.2, 0.25) is 0 Å². The summed E-state index contributed by atoms with van der Waals surface area (Å²) < 4.78 is 1.85. The Morgan fingerprint density at radius 1 is 1.50 bits per heavy atom. The number of aliphatic imine (C=N–C) groups is 1.